The summed E-state index contributed by atoms with van der Waals surface area (Å²) in [4.78, 5) is 66.0. The molecule has 0 bridgehead atoms. The number of fused-ring (bicyclic) bond motifs is 1. The molecule has 0 saturated heterocycles. The SMILES string of the molecule is C=CC(=O)OCCCN(/N=C/c1cc(OCC2CCC(C(=O)Oc3ccc(OCCCCCCOC(=O)C(=C)C)cc3)CC2)ccc1OCC1CCC(C(=O)Oc2ccc(OCCCCCCOC(=O)C(=C)F)cc2)CC1)c1nc2ccccc2s1. The molecule has 4 aromatic carbocycles. The van der Waals surface area contributed by atoms with Crippen molar-refractivity contribution in [1.29, 1.82) is 0 Å². The van der Waals surface area contributed by atoms with Crippen molar-refractivity contribution in [2.24, 2.45) is 28.8 Å². The van der Waals surface area contributed by atoms with Crippen molar-refractivity contribution in [3.8, 4) is 34.5 Å². The molecule has 0 unspecified atom stereocenters. The van der Waals surface area contributed by atoms with Crippen molar-refractivity contribution in [3.05, 3.63) is 134 Å². The van der Waals surface area contributed by atoms with E-state index in [2.05, 4.69) is 19.7 Å². The van der Waals surface area contributed by atoms with Crippen LogP contribution in [-0.2, 0) is 38.2 Å². The maximum absolute atomic E-state index is 13.3. The van der Waals surface area contributed by atoms with Gasteiger partial charge in [-0.3, -0.25) is 9.59 Å². The number of esters is 5. The molecule has 0 N–H and O–H groups in total. The van der Waals surface area contributed by atoms with Crippen LogP contribution >= 0.6 is 11.3 Å². The number of carbonyl (C=O) groups excluding carboxylic acids is 5. The molecule has 0 radical (unpaired) electrons. The van der Waals surface area contributed by atoms with Crippen LogP contribution in [0.3, 0.4) is 0 Å². The van der Waals surface area contributed by atoms with Crippen LogP contribution in [0.5, 0.6) is 34.5 Å². The van der Waals surface area contributed by atoms with Crippen LogP contribution in [-0.4, -0.2) is 93.8 Å². The lowest BCUT2D eigenvalue weighted by molar-refractivity contribution is -0.141. The number of benzene rings is 4. The minimum atomic E-state index is -1.10. The Morgan fingerprint density at radius 2 is 1.09 bits per heavy atom. The van der Waals surface area contributed by atoms with E-state index in [-0.39, 0.29) is 54.8 Å². The average molecular weight is 1200 g/mol. The van der Waals surface area contributed by atoms with Crippen LogP contribution in [0.25, 0.3) is 10.2 Å². The minimum Gasteiger partial charge on any atom is -0.494 e. The number of unbranched alkanes of at least 4 members (excludes halogenated alkanes) is 6. The summed E-state index contributed by atoms with van der Waals surface area (Å²) in [6.45, 7) is 14.7. The molecule has 2 fully saturated rings. The Kier molecular flexibility index (Phi) is 27.0. The first-order valence-corrected chi connectivity index (χ1v) is 30.7. The predicted octanol–water partition coefficient (Wildman–Crippen LogP) is 13.9. The number of halogens is 1. The van der Waals surface area contributed by atoms with Gasteiger partial charge in [0.15, 0.2) is 0 Å². The topological polar surface area (TPSA) is 197 Å². The zero-order valence-corrected chi connectivity index (χ0v) is 50.1. The van der Waals surface area contributed by atoms with E-state index in [1.165, 1.54) is 11.3 Å². The summed E-state index contributed by atoms with van der Waals surface area (Å²) >= 11 is 1.51. The van der Waals surface area contributed by atoms with Crippen molar-refractivity contribution in [3.63, 3.8) is 0 Å². The van der Waals surface area contributed by atoms with Gasteiger partial charge in [-0.2, -0.15) is 9.49 Å². The summed E-state index contributed by atoms with van der Waals surface area (Å²) in [5.74, 6) is 0.0607. The highest BCUT2D eigenvalue weighted by molar-refractivity contribution is 7.22. The molecule has 0 aliphatic heterocycles. The zero-order chi connectivity index (χ0) is 60.9. The molecule has 2 saturated carbocycles. The normalized spacial score (nSPS) is 16.5. The third-order valence-corrected chi connectivity index (χ3v) is 15.9. The second-order valence-corrected chi connectivity index (χ2v) is 22.6. The molecule has 0 atom stereocenters. The second kappa shape index (κ2) is 35.4. The molecule has 460 valence electrons. The fourth-order valence-corrected chi connectivity index (χ4v) is 10.7. The fourth-order valence-electron chi connectivity index (χ4n) is 9.78. The van der Waals surface area contributed by atoms with Crippen molar-refractivity contribution >= 4 is 62.7 Å². The van der Waals surface area contributed by atoms with Crippen molar-refractivity contribution < 1.29 is 71.0 Å². The van der Waals surface area contributed by atoms with E-state index in [1.54, 1.807) is 66.7 Å². The van der Waals surface area contributed by atoms with Crippen LogP contribution in [0, 0.1) is 23.7 Å². The molecule has 0 amide bonds. The van der Waals surface area contributed by atoms with Crippen LogP contribution in [0.2, 0.25) is 0 Å². The summed E-state index contributed by atoms with van der Waals surface area (Å²) in [6.07, 6.45) is 15.9. The molecule has 2 aliphatic rings. The minimum absolute atomic E-state index is 0.148. The predicted molar refractivity (Wildman–Crippen MR) is 328 cm³/mol. The number of thiazole rings is 1. The van der Waals surface area contributed by atoms with Crippen molar-refractivity contribution in [2.75, 3.05) is 57.8 Å². The number of rotatable bonds is 36. The zero-order valence-electron chi connectivity index (χ0n) is 49.3. The highest BCUT2D eigenvalue weighted by Crippen LogP contribution is 2.35. The summed E-state index contributed by atoms with van der Waals surface area (Å²) in [5.41, 5.74) is 1.94. The molecule has 5 aromatic rings. The van der Waals surface area contributed by atoms with Gasteiger partial charge in [0.05, 0.1) is 74.5 Å². The molecule has 1 aromatic heterocycles. The van der Waals surface area contributed by atoms with Gasteiger partial charge in [0.2, 0.25) is 11.0 Å². The smallest absolute Gasteiger partial charge is 0.366 e. The van der Waals surface area contributed by atoms with Gasteiger partial charge in [0.25, 0.3) is 0 Å². The number of para-hydroxylation sites is 1. The fraction of sp³-hybridized carbons (Fsp3) is 0.448. The quantitative estimate of drug-likeness (QED) is 0.00697. The van der Waals surface area contributed by atoms with Gasteiger partial charge in [-0.05, 0) is 200 Å². The van der Waals surface area contributed by atoms with Gasteiger partial charge >= 0.3 is 29.8 Å². The van der Waals surface area contributed by atoms with Gasteiger partial charge in [-0.15, -0.1) is 0 Å². The standard InChI is InChI=1S/C67H80FN3O14S/c1-5-62(72)79-42-16-37-71(67-70-59-17-10-11-18-61(59)86-67)69-44-53-43-58(82-45-49-19-23-51(24-20-49)65(75)84-56-31-27-54(28-32-56)77-38-12-6-8-14-40-80-63(73)47(2)3)35-36-60(53)83-46-50-21-25-52(26-22-50)66(76)85-57-33-29-55(30-34-57)78-39-13-7-9-15-41-81-64(74)48(4)68/h5,10-11,17-18,27-36,43-44,49-52H,1-2,4,6-9,12-16,19-26,37-42,45-46H2,3H3/b69-44+. The van der Waals surface area contributed by atoms with E-state index in [9.17, 15) is 28.4 Å². The van der Waals surface area contributed by atoms with E-state index in [0.717, 1.165) is 86.9 Å². The van der Waals surface area contributed by atoms with E-state index in [1.807, 2.05) is 42.5 Å². The Labute approximate surface area is 507 Å². The number of hydrazone groups is 1. The van der Waals surface area contributed by atoms with Crippen LogP contribution in [0.15, 0.2) is 133 Å². The second-order valence-electron chi connectivity index (χ2n) is 21.6. The molecule has 0 spiro atoms. The maximum atomic E-state index is 13.3. The number of hydrogen-bond acceptors (Lipinski definition) is 18. The molecule has 17 nitrogen and oxygen atoms in total. The average Bonchev–Trinajstić information content (AvgIpc) is 4.13. The van der Waals surface area contributed by atoms with Gasteiger partial charge in [-0.1, -0.05) is 43.2 Å². The number of carbonyl (C=O) groups is 5. The lowest BCUT2D eigenvalue weighted by Gasteiger charge is -2.28. The molecular weight excluding hydrogens is 1120 g/mol. The summed E-state index contributed by atoms with van der Waals surface area (Å²) in [6, 6.07) is 27.7. The van der Waals surface area contributed by atoms with Gasteiger partial charge in [0, 0.05) is 30.2 Å². The van der Waals surface area contributed by atoms with E-state index in [0.29, 0.717) is 129 Å². The Hall–Kier alpha value is -8.06. The first-order chi connectivity index (χ1) is 41.8. The summed E-state index contributed by atoms with van der Waals surface area (Å²) in [5, 5.41) is 7.43. The Bertz CT molecular complexity index is 3010. The third kappa shape index (κ3) is 22.4. The molecule has 7 rings (SSSR count). The van der Waals surface area contributed by atoms with E-state index in [4.69, 9.17) is 52.7 Å². The Morgan fingerprint density at radius 1 is 0.593 bits per heavy atom. The summed E-state index contributed by atoms with van der Waals surface area (Å²) < 4.78 is 65.3. The molecule has 2 aliphatic carbocycles. The molecular formula is C67H80FN3O14S. The highest BCUT2D eigenvalue weighted by atomic mass is 32.1. The first kappa shape index (κ1) is 65.5. The van der Waals surface area contributed by atoms with Crippen LogP contribution in [0.1, 0.15) is 122 Å². The number of nitrogens with zero attached hydrogens (tertiary/aromatic N) is 3. The maximum Gasteiger partial charge on any atom is 0.366 e. The van der Waals surface area contributed by atoms with Crippen molar-refractivity contribution in [2.45, 2.75) is 116 Å². The third-order valence-electron chi connectivity index (χ3n) is 14.8. The highest BCUT2D eigenvalue weighted by Gasteiger charge is 2.30. The molecule has 1 heterocycles. The van der Waals surface area contributed by atoms with Gasteiger partial charge in [-0.25, -0.2) is 24.4 Å². The van der Waals surface area contributed by atoms with Crippen molar-refractivity contribution in [1.82, 2.24) is 4.98 Å². The number of aromatic nitrogens is 1. The van der Waals surface area contributed by atoms with E-state index < -0.39 is 17.8 Å². The van der Waals surface area contributed by atoms with Gasteiger partial charge in [0.1, 0.15) is 34.5 Å². The lowest BCUT2D eigenvalue weighted by Crippen LogP contribution is -2.28. The Balaban J connectivity index is 0.885. The monoisotopic (exact) mass is 1200 g/mol. The lowest BCUT2D eigenvalue weighted by atomic mass is 9.82. The molecule has 86 heavy (non-hydrogen) atoms. The summed E-state index contributed by atoms with van der Waals surface area (Å²) in [7, 11) is 0. The first-order valence-electron chi connectivity index (χ1n) is 29.9. The Morgan fingerprint density at radius 3 is 1.63 bits per heavy atom. The van der Waals surface area contributed by atoms with Gasteiger partial charge < -0.3 is 42.6 Å². The van der Waals surface area contributed by atoms with E-state index >= 15 is 0 Å². The van der Waals surface area contributed by atoms with Crippen LogP contribution < -0.4 is 33.4 Å². The number of ether oxygens (including phenoxy) is 9. The number of hydrogen-bond donors (Lipinski definition) is 0. The number of anilines is 1. The van der Waals surface area contributed by atoms with Crippen LogP contribution in [0.4, 0.5) is 9.52 Å². The largest absolute Gasteiger partial charge is 0.494 e. The molecule has 19 heteroatoms.